The van der Waals surface area contributed by atoms with E-state index < -0.39 is 0 Å². The molecule has 4 heterocycles. The number of piperidine rings is 3. The van der Waals surface area contributed by atoms with Crippen molar-refractivity contribution in [2.24, 2.45) is 5.92 Å². The largest absolute Gasteiger partial charge is 0.473 e. The molecule has 1 aromatic heterocycles. The van der Waals surface area contributed by atoms with Crippen molar-refractivity contribution in [1.82, 2.24) is 9.88 Å². The molecule has 1 atom stereocenters. The molecule has 3 heteroatoms. The number of hydrogen-bond acceptors (Lipinski definition) is 3. The maximum atomic E-state index is 6.02. The van der Waals surface area contributed by atoms with Crippen molar-refractivity contribution in [1.29, 1.82) is 0 Å². The van der Waals surface area contributed by atoms with Crippen molar-refractivity contribution in [3.05, 3.63) is 23.9 Å². The average molecular weight is 218 g/mol. The molecule has 86 valence electrons. The fourth-order valence-electron chi connectivity index (χ4n) is 2.78. The molecule has 3 aliphatic heterocycles. The van der Waals surface area contributed by atoms with E-state index in [2.05, 4.69) is 9.88 Å². The Bertz CT molecular complexity index is 372. The summed E-state index contributed by atoms with van der Waals surface area (Å²) in [6.07, 6.45) is 2.93. The zero-order valence-electron chi connectivity index (χ0n) is 9.72. The average Bonchev–Trinajstić information content (AvgIpc) is 2.30. The van der Waals surface area contributed by atoms with Crippen LogP contribution in [0.1, 0.15) is 18.5 Å². The number of fused-ring (bicyclic) bond motifs is 3. The molecule has 2 bridgehead atoms. The highest BCUT2D eigenvalue weighted by molar-refractivity contribution is 5.15. The van der Waals surface area contributed by atoms with Crippen LogP contribution in [0, 0.1) is 12.8 Å². The van der Waals surface area contributed by atoms with E-state index in [1.165, 1.54) is 25.9 Å². The summed E-state index contributed by atoms with van der Waals surface area (Å²) >= 11 is 0. The highest BCUT2D eigenvalue weighted by atomic mass is 16.5. The van der Waals surface area contributed by atoms with Gasteiger partial charge in [0.25, 0.3) is 0 Å². The fraction of sp³-hybridized carbons (Fsp3) is 0.615. The summed E-state index contributed by atoms with van der Waals surface area (Å²) in [7, 11) is 0. The van der Waals surface area contributed by atoms with Crippen LogP contribution in [-0.4, -0.2) is 35.6 Å². The van der Waals surface area contributed by atoms with E-state index in [9.17, 15) is 0 Å². The molecule has 0 aromatic carbocycles. The van der Waals surface area contributed by atoms with Crippen molar-refractivity contribution < 1.29 is 4.74 Å². The molecule has 0 amide bonds. The first-order valence-electron chi connectivity index (χ1n) is 6.14. The summed E-state index contributed by atoms with van der Waals surface area (Å²) < 4.78 is 6.02. The van der Waals surface area contributed by atoms with Crippen LogP contribution in [0.25, 0.3) is 0 Å². The standard InChI is InChI=1S/C13H18N2O/c1-10-3-2-4-13(14-10)16-12-9-15-7-5-11(12)6-8-15/h2-4,11-12H,5-9H2,1H3. The number of aryl methyl sites for hydroxylation is 1. The Hall–Kier alpha value is -1.09. The smallest absolute Gasteiger partial charge is 0.213 e. The molecule has 0 saturated carbocycles. The summed E-state index contributed by atoms with van der Waals surface area (Å²) in [6, 6.07) is 5.98. The van der Waals surface area contributed by atoms with Crippen LogP contribution >= 0.6 is 0 Å². The maximum absolute atomic E-state index is 6.02. The van der Waals surface area contributed by atoms with Gasteiger partial charge in [-0.25, -0.2) is 4.98 Å². The molecule has 1 aromatic rings. The summed E-state index contributed by atoms with van der Waals surface area (Å²) in [5.41, 5.74) is 1.03. The van der Waals surface area contributed by atoms with Crippen LogP contribution in [0.15, 0.2) is 18.2 Å². The van der Waals surface area contributed by atoms with Crippen molar-refractivity contribution in [3.8, 4) is 5.88 Å². The Morgan fingerprint density at radius 3 is 2.75 bits per heavy atom. The first kappa shape index (κ1) is 10.1. The molecule has 4 rings (SSSR count). The van der Waals surface area contributed by atoms with Gasteiger partial charge in [0.05, 0.1) is 0 Å². The van der Waals surface area contributed by atoms with E-state index in [1.807, 2.05) is 25.1 Å². The summed E-state index contributed by atoms with van der Waals surface area (Å²) in [4.78, 5) is 6.91. The number of nitrogens with zero attached hydrogens (tertiary/aromatic N) is 2. The van der Waals surface area contributed by atoms with Gasteiger partial charge < -0.3 is 4.74 Å². The third kappa shape index (κ3) is 1.92. The lowest BCUT2D eigenvalue weighted by Gasteiger charge is -2.44. The number of rotatable bonds is 2. The molecule has 0 radical (unpaired) electrons. The highest BCUT2D eigenvalue weighted by Gasteiger charge is 2.35. The fourth-order valence-corrected chi connectivity index (χ4v) is 2.78. The van der Waals surface area contributed by atoms with Crippen LogP contribution in [0.3, 0.4) is 0 Å². The van der Waals surface area contributed by atoms with Gasteiger partial charge in [0, 0.05) is 18.3 Å². The molecular formula is C13H18N2O. The zero-order valence-corrected chi connectivity index (χ0v) is 9.72. The molecule has 0 aliphatic carbocycles. The van der Waals surface area contributed by atoms with E-state index in [-0.39, 0.29) is 0 Å². The van der Waals surface area contributed by atoms with Gasteiger partial charge in [-0.3, -0.25) is 4.90 Å². The van der Waals surface area contributed by atoms with E-state index in [0.29, 0.717) is 6.10 Å². The Kier molecular flexibility index (Phi) is 2.56. The maximum Gasteiger partial charge on any atom is 0.213 e. The van der Waals surface area contributed by atoms with Crippen molar-refractivity contribution in [2.45, 2.75) is 25.9 Å². The van der Waals surface area contributed by atoms with E-state index >= 15 is 0 Å². The molecule has 3 fully saturated rings. The minimum absolute atomic E-state index is 0.358. The van der Waals surface area contributed by atoms with Crippen LogP contribution in [0.4, 0.5) is 0 Å². The molecule has 0 spiro atoms. The van der Waals surface area contributed by atoms with E-state index in [4.69, 9.17) is 4.74 Å². The Balaban J connectivity index is 1.71. The Morgan fingerprint density at radius 2 is 2.12 bits per heavy atom. The molecule has 3 aliphatic rings. The summed E-state index contributed by atoms with van der Waals surface area (Å²) in [5, 5.41) is 0. The summed E-state index contributed by atoms with van der Waals surface area (Å²) in [5.74, 6) is 1.53. The number of pyridine rings is 1. The lowest BCUT2D eigenvalue weighted by molar-refractivity contribution is -0.00998. The van der Waals surface area contributed by atoms with Gasteiger partial charge in [0.2, 0.25) is 5.88 Å². The number of ether oxygens (including phenoxy) is 1. The van der Waals surface area contributed by atoms with Crippen LogP contribution in [0.2, 0.25) is 0 Å². The number of aromatic nitrogens is 1. The normalized spacial score (nSPS) is 32.7. The van der Waals surface area contributed by atoms with Crippen molar-refractivity contribution in [3.63, 3.8) is 0 Å². The predicted octanol–water partition coefficient (Wildman–Crippen LogP) is 1.86. The van der Waals surface area contributed by atoms with Crippen molar-refractivity contribution in [2.75, 3.05) is 19.6 Å². The molecule has 1 unspecified atom stereocenters. The van der Waals surface area contributed by atoms with E-state index in [0.717, 1.165) is 24.0 Å². The summed E-state index contributed by atoms with van der Waals surface area (Å²) in [6.45, 7) is 5.60. The third-order valence-corrected chi connectivity index (χ3v) is 3.73. The van der Waals surface area contributed by atoms with Gasteiger partial charge in [-0.2, -0.15) is 0 Å². The first-order chi connectivity index (χ1) is 7.81. The second-order valence-electron chi connectivity index (χ2n) is 4.91. The van der Waals surface area contributed by atoms with Gasteiger partial charge in [-0.05, 0) is 44.8 Å². The van der Waals surface area contributed by atoms with Gasteiger partial charge >= 0.3 is 0 Å². The quantitative estimate of drug-likeness (QED) is 0.757. The van der Waals surface area contributed by atoms with Gasteiger partial charge in [0.1, 0.15) is 6.10 Å². The van der Waals surface area contributed by atoms with Crippen LogP contribution < -0.4 is 4.74 Å². The lowest BCUT2D eigenvalue weighted by Crippen LogP contribution is -2.52. The zero-order chi connectivity index (χ0) is 11.0. The SMILES string of the molecule is Cc1cccc(OC2CN3CCC2CC3)n1. The number of hydrogen-bond donors (Lipinski definition) is 0. The van der Waals surface area contributed by atoms with Gasteiger partial charge in [-0.1, -0.05) is 6.07 Å². The third-order valence-electron chi connectivity index (χ3n) is 3.73. The molecule has 3 nitrogen and oxygen atoms in total. The highest BCUT2D eigenvalue weighted by Crippen LogP contribution is 2.30. The topological polar surface area (TPSA) is 25.4 Å². The van der Waals surface area contributed by atoms with E-state index in [1.54, 1.807) is 0 Å². The minimum Gasteiger partial charge on any atom is -0.473 e. The van der Waals surface area contributed by atoms with Gasteiger partial charge in [-0.15, -0.1) is 0 Å². The van der Waals surface area contributed by atoms with Crippen LogP contribution in [0.5, 0.6) is 5.88 Å². The van der Waals surface area contributed by atoms with Crippen molar-refractivity contribution >= 4 is 0 Å². The molecule has 0 N–H and O–H groups in total. The molecule has 3 saturated heterocycles. The molecular weight excluding hydrogens is 200 g/mol. The first-order valence-corrected chi connectivity index (χ1v) is 6.14. The second-order valence-corrected chi connectivity index (χ2v) is 4.91. The second kappa shape index (κ2) is 4.06. The molecule has 16 heavy (non-hydrogen) atoms. The monoisotopic (exact) mass is 218 g/mol. The lowest BCUT2D eigenvalue weighted by atomic mass is 9.86. The Labute approximate surface area is 96.4 Å². The minimum atomic E-state index is 0.358. The predicted molar refractivity (Wildman–Crippen MR) is 62.6 cm³/mol. The van der Waals surface area contributed by atoms with Crippen LogP contribution in [-0.2, 0) is 0 Å². The Morgan fingerprint density at radius 1 is 1.31 bits per heavy atom. The van der Waals surface area contributed by atoms with Gasteiger partial charge in [0.15, 0.2) is 0 Å².